The molecule has 0 bridgehead atoms. The monoisotopic (exact) mass is 454 g/mol. The van der Waals surface area contributed by atoms with Crippen LogP contribution in [-0.2, 0) is 11.2 Å². The number of aryl methyl sites for hydroxylation is 1. The number of nitrogens with one attached hydrogen (secondary N) is 4. The van der Waals surface area contributed by atoms with Crippen LogP contribution in [0.4, 0.5) is 33.2 Å². The van der Waals surface area contributed by atoms with Gasteiger partial charge in [0.05, 0.1) is 17.4 Å². The lowest BCUT2D eigenvalue weighted by Crippen LogP contribution is -2.19. The number of carbonyl (C=O) groups is 2. The minimum Gasteiger partial charge on any atom is -0.355 e. The first-order valence-corrected chi connectivity index (χ1v) is 10.3. The fraction of sp³-hybridized carbons (Fsp3) is 0.182. The van der Waals surface area contributed by atoms with Crippen LogP contribution in [0.3, 0.4) is 0 Å². The van der Waals surface area contributed by atoms with Gasteiger partial charge in [-0.15, -0.1) is 0 Å². The molecule has 1 aliphatic rings. The van der Waals surface area contributed by atoms with Crippen molar-refractivity contribution < 1.29 is 14.0 Å². The smallest absolute Gasteiger partial charge is 0.253 e. The molecule has 0 atom stereocenters. The molecule has 0 spiro atoms. The van der Waals surface area contributed by atoms with E-state index in [-0.39, 0.29) is 33.9 Å². The number of carbonyl (C=O) groups excluding carboxylic acids is 2. The molecule has 10 heteroatoms. The third kappa shape index (κ3) is 4.62. The van der Waals surface area contributed by atoms with Gasteiger partial charge in [0.2, 0.25) is 11.9 Å². The Hall–Kier alpha value is -3.72. The van der Waals surface area contributed by atoms with Gasteiger partial charge in [0.25, 0.3) is 5.91 Å². The van der Waals surface area contributed by atoms with Crippen LogP contribution in [0.5, 0.6) is 0 Å². The lowest BCUT2D eigenvalue weighted by molar-refractivity contribution is -0.116. The first-order chi connectivity index (χ1) is 15.4. The summed E-state index contributed by atoms with van der Waals surface area (Å²) in [6.45, 7) is 0. The maximum absolute atomic E-state index is 14.5. The zero-order chi connectivity index (χ0) is 22.7. The molecule has 32 heavy (non-hydrogen) atoms. The lowest BCUT2D eigenvalue weighted by Gasteiger charge is -2.14. The van der Waals surface area contributed by atoms with Crippen molar-refractivity contribution in [3.8, 4) is 0 Å². The number of aromatic nitrogens is 2. The molecule has 0 fully saturated rings. The molecular weight excluding hydrogens is 435 g/mol. The number of halogens is 2. The molecule has 0 saturated carbocycles. The lowest BCUT2D eigenvalue weighted by atomic mass is 10.1. The number of rotatable bonds is 5. The Morgan fingerprint density at radius 1 is 1.19 bits per heavy atom. The van der Waals surface area contributed by atoms with Crippen LogP contribution in [0, 0.1) is 5.82 Å². The molecule has 2 aromatic carbocycles. The predicted molar refractivity (Wildman–Crippen MR) is 121 cm³/mol. The van der Waals surface area contributed by atoms with E-state index in [0.29, 0.717) is 12.1 Å². The maximum atomic E-state index is 14.5. The van der Waals surface area contributed by atoms with E-state index in [1.54, 1.807) is 0 Å². The van der Waals surface area contributed by atoms with Crippen LogP contribution in [0.25, 0.3) is 0 Å². The van der Waals surface area contributed by atoms with Crippen molar-refractivity contribution in [2.45, 2.75) is 19.3 Å². The Balaban J connectivity index is 1.61. The number of hydrogen-bond donors (Lipinski definition) is 4. The van der Waals surface area contributed by atoms with Gasteiger partial charge in [-0.1, -0.05) is 23.7 Å². The average molecular weight is 455 g/mol. The van der Waals surface area contributed by atoms with E-state index in [9.17, 15) is 14.0 Å². The fourth-order valence-electron chi connectivity index (χ4n) is 3.38. The average Bonchev–Trinajstić information content (AvgIpc) is 2.96. The molecule has 8 nitrogen and oxygen atoms in total. The van der Waals surface area contributed by atoms with Gasteiger partial charge in [-0.2, -0.15) is 4.98 Å². The molecule has 4 rings (SSSR count). The van der Waals surface area contributed by atoms with E-state index in [2.05, 4.69) is 31.2 Å². The van der Waals surface area contributed by atoms with Crippen molar-refractivity contribution in [2.24, 2.45) is 0 Å². The Morgan fingerprint density at radius 3 is 2.84 bits per heavy atom. The summed E-state index contributed by atoms with van der Waals surface area (Å²) in [6.07, 6.45) is 3.47. The van der Waals surface area contributed by atoms with Crippen LogP contribution in [0.15, 0.2) is 42.6 Å². The second kappa shape index (κ2) is 9.19. The number of para-hydroxylation sites is 1. The third-order valence-electron chi connectivity index (χ3n) is 4.96. The minimum atomic E-state index is -0.628. The van der Waals surface area contributed by atoms with Gasteiger partial charge >= 0.3 is 0 Å². The van der Waals surface area contributed by atoms with Crippen LogP contribution in [-0.4, -0.2) is 28.8 Å². The first-order valence-electron chi connectivity index (χ1n) is 9.94. The SMILES string of the molecule is CNC(=O)c1cccc(F)c1Nc1nc(Nc2ccc3c(c2)NC(=O)CCC3)ncc1Cl. The van der Waals surface area contributed by atoms with Gasteiger partial charge in [0.15, 0.2) is 5.82 Å². The van der Waals surface area contributed by atoms with E-state index in [1.807, 2.05) is 18.2 Å². The van der Waals surface area contributed by atoms with Gasteiger partial charge in [0.1, 0.15) is 10.8 Å². The van der Waals surface area contributed by atoms with Crippen molar-refractivity contribution >= 4 is 52.2 Å². The summed E-state index contributed by atoms with van der Waals surface area (Å²) < 4.78 is 14.5. The van der Waals surface area contributed by atoms with E-state index in [0.717, 1.165) is 24.1 Å². The molecule has 164 valence electrons. The van der Waals surface area contributed by atoms with Crippen LogP contribution >= 0.6 is 11.6 Å². The van der Waals surface area contributed by atoms with Gasteiger partial charge in [-0.3, -0.25) is 9.59 Å². The molecule has 1 aliphatic heterocycles. The van der Waals surface area contributed by atoms with Gasteiger partial charge in [-0.05, 0) is 42.7 Å². The summed E-state index contributed by atoms with van der Waals surface area (Å²) in [5.41, 5.74) is 2.52. The second-order valence-corrected chi connectivity index (χ2v) is 7.56. The summed E-state index contributed by atoms with van der Waals surface area (Å²) in [7, 11) is 1.46. The van der Waals surface area contributed by atoms with E-state index in [4.69, 9.17) is 11.6 Å². The summed E-state index contributed by atoms with van der Waals surface area (Å²) >= 11 is 6.21. The highest BCUT2D eigenvalue weighted by molar-refractivity contribution is 6.33. The Labute approximate surface area is 188 Å². The van der Waals surface area contributed by atoms with Crippen molar-refractivity contribution in [2.75, 3.05) is 23.0 Å². The van der Waals surface area contributed by atoms with E-state index in [1.165, 1.54) is 31.4 Å². The van der Waals surface area contributed by atoms with Crippen molar-refractivity contribution in [3.05, 3.63) is 64.6 Å². The zero-order valence-corrected chi connectivity index (χ0v) is 17.9. The second-order valence-electron chi connectivity index (χ2n) is 7.16. The highest BCUT2D eigenvalue weighted by atomic mass is 35.5. The van der Waals surface area contributed by atoms with Gasteiger partial charge < -0.3 is 21.3 Å². The zero-order valence-electron chi connectivity index (χ0n) is 17.1. The molecule has 0 aliphatic carbocycles. The predicted octanol–water partition coefficient (Wildman–Crippen LogP) is 4.39. The van der Waals surface area contributed by atoms with Crippen molar-refractivity contribution in [3.63, 3.8) is 0 Å². The third-order valence-corrected chi connectivity index (χ3v) is 5.24. The number of hydrogen-bond acceptors (Lipinski definition) is 6. The quantitative estimate of drug-likeness (QED) is 0.455. The molecule has 0 radical (unpaired) electrons. The number of nitrogens with zero attached hydrogens (tertiary/aromatic N) is 2. The summed E-state index contributed by atoms with van der Waals surface area (Å²) in [5.74, 6) is -0.775. The van der Waals surface area contributed by atoms with E-state index < -0.39 is 11.7 Å². The van der Waals surface area contributed by atoms with Crippen molar-refractivity contribution in [1.82, 2.24) is 15.3 Å². The molecule has 2 amide bonds. The normalized spacial score (nSPS) is 12.9. The number of anilines is 5. The number of fused-ring (bicyclic) bond motifs is 1. The highest BCUT2D eigenvalue weighted by Crippen LogP contribution is 2.30. The molecule has 4 N–H and O–H groups in total. The fourth-order valence-corrected chi connectivity index (χ4v) is 3.52. The summed E-state index contributed by atoms with van der Waals surface area (Å²) in [6, 6.07) is 9.77. The Kier molecular flexibility index (Phi) is 6.18. The van der Waals surface area contributed by atoms with Gasteiger partial charge in [-0.25, -0.2) is 9.37 Å². The molecule has 0 saturated heterocycles. The first kappa shape index (κ1) is 21.5. The van der Waals surface area contributed by atoms with Crippen LogP contribution < -0.4 is 21.3 Å². The topological polar surface area (TPSA) is 108 Å². The number of amides is 2. The van der Waals surface area contributed by atoms with Crippen LogP contribution in [0.1, 0.15) is 28.8 Å². The molecule has 0 unspecified atom stereocenters. The Bertz CT molecular complexity index is 1200. The Morgan fingerprint density at radius 2 is 2.03 bits per heavy atom. The molecule has 2 heterocycles. The number of benzene rings is 2. The maximum Gasteiger partial charge on any atom is 0.253 e. The molecule has 1 aromatic heterocycles. The van der Waals surface area contributed by atoms with Crippen molar-refractivity contribution in [1.29, 1.82) is 0 Å². The standard InChI is InChI=1S/C22H20ClFN6O2/c1-25-21(32)14-5-3-6-16(24)19(14)29-20-15(23)11-26-22(30-20)27-13-9-8-12-4-2-7-18(31)28-17(12)10-13/h3,5-6,8-11H,2,4,7H2,1H3,(H,25,32)(H,28,31)(H2,26,27,29,30). The minimum absolute atomic E-state index is 0.0214. The summed E-state index contributed by atoms with van der Waals surface area (Å²) in [5, 5.41) is 11.4. The molecule has 3 aromatic rings. The van der Waals surface area contributed by atoms with E-state index >= 15 is 0 Å². The largest absolute Gasteiger partial charge is 0.355 e. The van der Waals surface area contributed by atoms with Crippen LogP contribution in [0.2, 0.25) is 5.02 Å². The molecular formula is C22H20ClFN6O2. The highest BCUT2D eigenvalue weighted by Gasteiger charge is 2.17. The van der Waals surface area contributed by atoms with Gasteiger partial charge in [0, 0.05) is 24.8 Å². The summed E-state index contributed by atoms with van der Waals surface area (Å²) in [4.78, 5) is 32.5.